The molecule has 1 aliphatic carbocycles. The zero-order valence-electron chi connectivity index (χ0n) is 17.4. The van der Waals surface area contributed by atoms with Gasteiger partial charge in [0.2, 0.25) is 5.88 Å². The molecule has 1 heterocycles. The van der Waals surface area contributed by atoms with Crippen molar-refractivity contribution in [2.45, 2.75) is 58.1 Å². The Hall–Kier alpha value is -1.86. The third kappa shape index (κ3) is 9.37. The zero-order chi connectivity index (χ0) is 19.9. The molecule has 7 nitrogen and oxygen atoms in total. The molecule has 1 aliphatic rings. The predicted octanol–water partition coefficient (Wildman–Crippen LogP) is 2.90. The van der Waals surface area contributed by atoms with Crippen LogP contribution in [0, 0.1) is 0 Å². The standard InChI is InChI=1S/C21H36N4O3/c1-3-22-21(23-12-7-13-27-15-14-26-2)25-17-18-10-11-20(24-16-18)28-19-8-5-4-6-9-19/h10-11,16,19H,3-9,12-15,17H2,1-2H3,(H2,22,23,25). The number of methoxy groups -OCH3 is 1. The van der Waals surface area contributed by atoms with Crippen LogP contribution in [-0.2, 0) is 16.0 Å². The molecule has 1 saturated carbocycles. The normalized spacial score (nSPS) is 15.4. The fraction of sp³-hybridized carbons (Fsp3) is 0.714. The summed E-state index contributed by atoms with van der Waals surface area (Å²) in [5.41, 5.74) is 1.07. The van der Waals surface area contributed by atoms with Crippen LogP contribution in [0.4, 0.5) is 0 Å². The molecule has 2 N–H and O–H groups in total. The molecule has 0 aliphatic heterocycles. The highest BCUT2D eigenvalue weighted by Crippen LogP contribution is 2.22. The lowest BCUT2D eigenvalue weighted by Gasteiger charge is -2.22. The first-order chi connectivity index (χ1) is 13.8. The molecule has 1 aromatic rings. The molecule has 0 bridgehead atoms. The van der Waals surface area contributed by atoms with Crippen LogP contribution in [0.15, 0.2) is 23.3 Å². The number of hydrogen-bond donors (Lipinski definition) is 2. The van der Waals surface area contributed by atoms with Gasteiger partial charge in [0.05, 0.1) is 19.8 Å². The molecule has 0 radical (unpaired) electrons. The van der Waals surface area contributed by atoms with Gasteiger partial charge in [-0.2, -0.15) is 0 Å². The second-order valence-electron chi connectivity index (χ2n) is 6.96. The summed E-state index contributed by atoms with van der Waals surface area (Å²) in [5.74, 6) is 1.53. The van der Waals surface area contributed by atoms with E-state index in [1.165, 1.54) is 19.3 Å². The second-order valence-corrected chi connectivity index (χ2v) is 6.96. The molecule has 0 aromatic carbocycles. The number of nitrogens with one attached hydrogen (secondary N) is 2. The lowest BCUT2D eigenvalue weighted by Crippen LogP contribution is -2.38. The van der Waals surface area contributed by atoms with Crippen LogP contribution in [0.1, 0.15) is 51.0 Å². The molecule has 0 amide bonds. The summed E-state index contributed by atoms with van der Waals surface area (Å²) < 4.78 is 16.4. The SMILES string of the molecule is CCNC(=NCc1ccc(OC2CCCCC2)nc1)NCCCOCCOC. The summed E-state index contributed by atoms with van der Waals surface area (Å²) in [6.45, 7) is 6.25. The van der Waals surface area contributed by atoms with Crippen molar-refractivity contribution in [3.05, 3.63) is 23.9 Å². The van der Waals surface area contributed by atoms with E-state index in [4.69, 9.17) is 14.2 Å². The van der Waals surface area contributed by atoms with Crippen LogP contribution in [0.2, 0.25) is 0 Å². The van der Waals surface area contributed by atoms with Gasteiger partial charge in [0.1, 0.15) is 6.10 Å². The third-order valence-electron chi connectivity index (χ3n) is 4.59. The monoisotopic (exact) mass is 392 g/mol. The van der Waals surface area contributed by atoms with E-state index in [0.29, 0.717) is 32.5 Å². The topological polar surface area (TPSA) is 77.0 Å². The summed E-state index contributed by atoms with van der Waals surface area (Å²) >= 11 is 0. The highest BCUT2D eigenvalue weighted by molar-refractivity contribution is 5.79. The van der Waals surface area contributed by atoms with Gasteiger partial charge in [-0.15, -0.1) is 0 Å². The lowest BCUT2D eigenvalue weighted by molar-refractivity contribution is 0.0698. The second kappa shape index (κ2) is 14.2. The van der Waals surface area contributed by atoms with E-state index in [2.05, 4.69) is 27.5 Å². The number of guanidine groups is 1. The number of aliphatic imine (C=N–C) groups is 1. The zero-order valence-corrected chi connectivity index (χ0v) is 17.4. The minimum atomic E-state index is 0.327. The average Bonchev–Trinajstić information content (AvgIpc) is 2.73. The third-order valence-corrected chi connectivity index (χ3v) is 4.59. The van der Waals surface area contributed by atoms with E-state index < -0.39 is 0 Å². The summed E-state index contributed by atoms with van der Waals surface area (Å²) in [6, 6.07) is 4.00. The quantitative estimate of drug-likeness (QED) is 0.324. The van der Waals surface area contributed by atoms with Crippen molar-refractivity contribution >= 4 is 5.96 Å². The molecule has 7 heteroatoms. The van der Waals surface area contributed by atoms with Gasteiger partial charge >= 0.3 is 0 Å². The van der Waals surface area contributed by atoms with Crippen LogP contribution >= 0.6 is 0 Å². The molecular weight excluding hydrogens is 356 g/mol. The number of nitrogens with zero attached hydrogens (tertiary/aromatic N) is 2. The minimum Gasteiger partial charge on any atom is -0.474 e. The molecule has 1 fully saturated rings. The van der Waals surface area contributed by atoms with Crippen molar-refractivity contribution in [3.63, 3.8) is 0 Å². The van der Waals surface area contributed by atoms with Gasteiger partial charge in [-0.1, -0.05) is 12.5 Å². The van der Waals surface area contributed by atoms with Gasteiger partial charge in [-0.3, -0.25) is 0 Å². The predicted molar refractivity (Wildman–Crippen MR) is 112 cm³/mol. The highest BCUT2D eigenvalue weighted by Gasteiger charge is 2.15. The Labute approximate surface area is 169 Å². The van der Waals surface area contributed by atoms with Crippen LogP contribution in [-0.4, -0.2) is 57.1 Å². The molecule has 0 atom stereocenters. The largest absolute Gasteiger partial charge is 0.474 e. The smallest absolute Gasteiger partial charge is 0.213 e. The fourth-order valence-electron chi connectivity index (χ4n) is 3.07. The number of rotatable bonds is 12. The van der Waals surface area contributed by atoms with Crippen LogP contribution in [0.3, 0.4) is 0 Å². The van der Waals surface area contributed by atoms with Crippen LogP contribution in [0.5, 0.6) is 5.88 Å². The summed E-state index contributed by atoms with van der Waals surface area (Å²) in [7, 11) is 1.68. The van der Waals surface area contributed by atoms with E-state index in [9.17, 15) is 0 Å². The Morgan fingerprint density at radius 2 is 2.00 bits per heavy atom. The highest BCUT2D eigenvalue weighted by atomic mass is 16.5. The van der Waals surface area contributed by atoms with Crippen molar-refractivity contribution in [1.29, 1.82) is 0 Å². The van der Waals surface area contributed by atoms with Crippen molar-refractivity contribution in [3.8, 4) is 5.88 Å². The van der Waals surface area contributed by atoms with Gasteiger partial charge in [-0.05, 0) is 44.6 Å². The Balaban J connectivity index is 1.71. The lowest BCUT2D eigenvalue weighted by atomic mass is 9.98. The van der Waals surface area contributed by atoms with E-state index >= 15 is 0 Å². The first kappa shape index (κ1) is 22.4. The molecule has 1 aromatic heterocycles. The van der Waals surface area contributed by atoms with Gasteiger partial charge in [-0.25, -0.2) is 9.98 Å². The Kier molecular flexibility index (Phi) is 11.4. The van der Waals surface area contributed by atoms with Crippen molar-refractivity contribution in [2.75, 3.05) is 40.0 Å². The Morgan fingerprint density at radius 1 is 1.14 bits per heavy atom. The minimum absolute atomic E-state index is 0.327. The van der Waals surface area contributed by atoms with Gasteiger partial charge < -0.3 is 24.8 Å². The van der Waals surface area contributed by atoms with Crippen molar-refractivity contribution in [2.24, 2.45) is 4.99 Å². The molecule has 28 heavy (non-hydrogen) atoms. The first-order valence-electron chi connectivity index (χ1n) is 10.5. The first-order valence-corrected chi connectivity index (χ1v) is 10.5. The van der Waals surface area contributed by atoms with Crippen molar-refractivity contribution < 1.29 is 14.2 Å². The molecular formula is C21H36N4O3. The Bertz CT molecular complexity index is 545. The maximum Gasteiger partial charge on any atom is 0.213 e. The Morgan fingerprint density at radius 3 is 2.71 bits per heavy atom. The fourth-order valence-corrected chi connectivity index (χ4v) is 3.07. The molecule has 0 spiro atoms. The van der Waals surface area contributed by atoms with Gasteiger partial charge in [0.15, 0.2) is 5.96 Å². The van der Waals surface area contributed by atoms with E-state index in [1.807, 2.05) is 18.3 Å². The van der Waals surface area contributed by atoms with Crippen LogP contribution < -0.4 is 15.4 Å². The number of ether oxygens (including phenoxy) is 3. The van der Waals surface area contributed by atoms with Gasteiger partial charge in [0, 0.05) is 39.1 Å². The maximum atomic E-state index is 5.98. The van der Waals surface area contributed by atoms with E-state index in [1.54, 1.807) is 7.11 Å². The maximum absolute atomic E-state index is 5.98. The number of aromatic nitrogens is 1. The van der Waals surface area contributed by atoms with Gasteiger partial charge in [0.25, 0.3) is 0 Å². The summed E-state index contributed by atoms with van der Waals surface area (Å²) in [6.07, 6.45) is 9.23. The molecule has 2 rings (SSSR count). The summed E-state index contributed by atoms with van der Waals surface area (Å²) in [5, 5.41) is 6.59. The van der Waals surface area contributed by atoms with Crippen molar-refractivity contribution in [1.82, 2.24) is 15.6 Å². The van der Waals surface area contributed by atoms with Crippen LogP contribution in [0.25, 0.3) is 0 Å². The average molecular weight is 393 g/mol. The number of hydrogen-bond acceptors (Lipinski definition) is 5. The molecule has 0 saturated heterocycles. The van der Waals surface area contributed by atoms with E-state index in [-0.39, 0.29) is 0 Å². The molecule has 0 unspecified atom stereocenters. The molecule has 158 valence electrons. The van der Waals surface area contributed by atoms with E-state index in [0.717, 1.165) is 49.8 Å². The number of pyridine rings is 1. The summed E-state index contributed by atoms with van der Waals surface area (Å²) in [4.78, 5) is 9.08.